The summed E-state index contributed by atoms with van der Waals surface area (Å²) in [6.45, 7) is 2.61. The SMILES string of the molecule is CCOC(=O)C=CC(C[C@@H]1CCNC1=O)NC(=O)c1nc2ccccc2[nH]1. The Morgan fingerprint density at radius 2 is 2.22 bits per heavy atom. The van der Waals surface area contributed by atoms with Gasteiger partial charge in [-0.15, -0.1) is 0 Å². The fourth-order valence-corrected chi connectivity index (χ4v) is 3.04. The second-order valence-electron chi connectivity index (χ2n) is 6.31. The van der Waals surface area contributed by atoms with Gasteiger partial charge in [-0.3, -0.25) is 9.59 Å². The van der Waals surface area contributed by atoms with Crippen molar-refractivity contribution in [1.82, 2.24) is 20.6 Å². The fraction of sp³-hybridized carbons (Fsp3) is 0.368. The molecule has 3 N–H and O–H groups in total. The number of ether oxygens (including phenoxy) is 1. The first-order valence-corrected chi connectivity index (χ1v) is 8.95. The van der Waals surface area contributed by atoms with Crippen molar-refractivity contribution in [2.24, 2.45) is 5.92 Å². The van der Waals surface area contributed by atoms with Crippen molar-refractivity contribution in [3.63, 3.8) is 0 Å². The lowest BCUT2D eigenvalue weighted by atomic mass is 9.98. The molecule has 1 saturated heterocycles. The molecular formula is C19H22N4O4. The molecule has 27 heavy (non-hydrogen) atoms. The Labute approximate surface area is 156 Å². The number of nitrogens with one attached hydrogen (secondary N) is 3. The molecule has 2 heterocycles. The van der Waals surface area contributed by atoms with Crippen molar-refractivity contribution in [1.29, 1.82) is 0 Å². The van der Waals surface area contributed by atoms with Crippen LogP contribution in [0.15, 0.2) is 36.4 Å². The molecule has 1 aliphatic rings. The molecule has 1 fully saturated rings. The summed E-state index contributed by atoms with van der Waals surface area (Å²) < 4.78 is 4.88. The number of hydrogen-bond donors (Lipinski definition) is 3. The van der Waals surface area contributed by atoms with E-state index in [0.29, 0.717) is 24.9 Å². The van der Waals surface area contributed by atoms with Gasteiger partial charge in [-0.25, -0.2) is 9.78 Å². The molecule has 0 radical (unpaired) electrons. The number of imidazole rings is 1. The van der Waals surface area contributed by atoms with Crippen LogP contribution in [-0.2, 0) is 14.3 Å². The number of H-pyrrole nitrogens is 1. The molecule has 0 spiro atoms. The number of benzene rings is 1. The maximum atomic E-state index is 12.6. The standard InChI is InChI=1S/C19H22N4O4/c1-2-27-16(24)8-7-13(11-12-9-10-20-18(12)25)21-19(26)17-22-14-5-3-4-6-15(14)23-17/h3-8,12-13H,2,9-11H2,1H3,(H,20,25)(H,21,26)(H,22,23)/t12-,13?/m0/s1. The molecule has 0 bridgehead atoms. The largest absolute Gasteiger partial charge is 0.463 e. The van der Waals surface area contributed by atoms with Gasteiger partial charge >= 0.3 is 5.97 Å². The summed E-state index contributed by atoms with van der Waals surface area (Å²) in [6.07, 6.45) is 3.93. The quantitative estimate of drug-likeness (QED) is 0.502. The van der Waals surface area contributed by atoms with Crippen LogP contribution in [0, 0.1) is 5.92 Å². The summed E-state index contributed by atoms with van der Waals surface area (Å²) in [5, 5.41) is 5.61. The third-order valence-corrected chi connectivity index (χ3v) is 4.37. The van der Waals surface area contributed by atoms with Gasteiger partial charge in [0, 0.05) is 24.6 Å². The number of hydrogen-bond acceptors (Lipinski definition) is 5. The second kappa shape index (κ2) is 8.48. The zero-order valence-electron chi connectivity index (χ0n) is 15.0. The zero-order chi connectivity index (χ0) is 19.2. The van der Waals surface area contributed by atoms with Crippen LogP contribution in [0.1, 0.15) is 30.4 Å². The summed E-state index contributed by atoms with van der Waals surface area (Å²) in [5.41, 5.74) is 1.45. The normalized spacial score (nSPS) is 17.8. The van der Waals surface area contributed by atoms with Gasteiger partial charge in [0.05, 0.1) is 17.6 Å². The molecule has 1 aromatic heterocycles. The van der Waals surface area contributed by atoms with E-state index in [2.05, 4.69) is 20.6 Å². The summed E-state index contributed by atoms with van der Waals surface area (Å²) in [4.78, 5) is 43.3. The van der Waals surface area contributed by atoms with E-state index < -0.39 is 17.9 Å². The molecule has 0 saturated carbocycles. The van der Waals surface area contributed by atoms with E-state index in [4.69, 9.17) is 4.74 Å². The lowest BCUT2D eigenvalue weighted by Gasteiger charge is -2.17. The molecule has 0 aliphatic carbocycles. The number of carbonyl (C=O) groups is 3. The number of carbonyl (C=O) groups excluding carboxylic acids is 3. The molecular weight excluding hydrogens is 348 g/mol. The Hall–Kier alpha value is -3.16. The average molecular weight is 370 g/mol. The first kappa shape index (κ1) is 18.6. The van der Waals surface area contributed by atoms with E-state index in [9.17, 15) is 14.4 Å². The maximum Gasteiger partial charge on any atom is 0.330 e. The minimum absolute atomic E-state index is 0.0393. The van der Waals surface area contributed by atoms with E-state index in [1.54, 1.807) is 13.0 Å². The number of aromatic nitrogens is 2. The van der Waals surface area contributed by atoms with Crippen molar-refractivity contribution in [2.45, 2.75) is 25.8 Å². The first-order chi connectivity index (χ1) is 13.1. The summed E-state index contributed by atoms with van der Waals surface area (Å²) in [5.74, 6) is -0.957. The second-order valence-corrected chi connectivity index (χ2v) is 6.31. The number of nitrogens with zero attached hydrogens (tertiary/aromatic N) is 1. The summed E-state index contributed by atoms with van der Waals surface area (Å²) in [6, 6.07) is 6.84. The van der Waals surface area contributed by atoms with Gasteiger partial charge in [0.1, 0.15) is 0 Å². The smallest absolute Gasteiger partial charge is 0.330 e. The Kier molecular flexibility index (Phi) is 5.85. The number of esters is 1. The molecule has 142 valence electrons. The molecule has 3 rings (SSSR count). The van der Waals surface area contributed by atoms with Gasteiger partial charge in [-0.1, -0.05) is 18.2 Å². The molecule has 2 aromatic rings. The molecule has 8 nitrogen and oxygen atoms in total. The van der Waals surface area contributed by atoms with Crippen LogP contribution in [0.5, 0.6) is 0 Å². The van der Waals surface area contributed by atoms with Gasteiger partial charge in [0.15, 0.2) is 5.82 Å². The van der Waals surface area contributed by atoms with Crippen LogP contribution in [0.3, 0.4) is 0 Å². The van der Waals surface area contributed by atoms with E-state index in [1.165, 1.54) is 6.08 Å². The van der Waals surface area contributed by atoms with E-state index >= 15 is 0 Å². The van der Waals surface area contributed by atoms with Crippen LogP contribution in [0.2, 0.25) is 0 Å². The van der Waals surface area contributed by atoms with Gasteiger partial charge in [-0.05, 0) is 31.9 Å². The molecule has 1 aromatic carbocycles. The molecule has 1 unspecified atom stereocenters. The van der Waals surface area contributed by atoms with E-state index in [0.717, 1.165) is 5.52 Å². The van der Waals surface area contributed by atoms with Crippen LogP contribution >= 0.6 is 0 Å². The highest BCUT2D eigenvalue weighted by molar-refractivity contribution is 5.94. The minimum Gasteiger partial charge on any atom is -0.463 e. The first-order valence-electron chi connectivity index (χ1n) is 8.95. The third-order valence-electron chi connectivity index (χ3n) is 4.37. The highest BCUT2D eigenvalue weighted by Crippen LogP contribution is 2.17. The highest BCUT2D eigenvalue weighted by atomic mass is 16.5. The third kappa shape index (κ3) is 4.72. The molecule has 1 aliphatic heterocycles. The minimum atomic E-state index is -0.496. The Morgan fingerprint density at radius 3 is 2.93 bits per heavy atom. The Balaban J connectivity index is 1.73. The predicted octanol–water partition coefficient (Wildman–Crippen LogP) is 1.31. The average Bonchev–Trinajstić information content (AvgIpc) is 3.26. The fourth-order valence-electron chi connectivity index (χ4n) is 3.04. The number of rotatable bonds is 7. The Morgan fingerprint density at radius 1 is 1.41 bits per heavy atom. The number of para-hydroxylation sites is 2. The van der Waals surface area contributed by atoms with Crippen LogP contribution in [-0.4, -0.2) is 46.9 Å². The van der Waals surface area contributed by atoms with Crippen molar-refractivity contribution in [2.75, 3.05) is 13.2 Å². The monoisotopic (exact) mass is 370 g/mol. The van der Waals surface area contributed by atoms with Crippen molar-refractivity contribution in [3.8, 4) is 0 Å². The summed E-state index contributed by atoms with van der Waals surface area (Å²) in [7, 11) is 0. The molecule has 2 amide bonds. The number of aromatic amines is 1. The predicted molar refractivity (Wildman–Crippen MR) is 98.9 cm³/mol. The van der Waals surface area contributed by atoms with Crippen LogP contribution in [0.4, 0.5) is 0 Å². The van der Waals surface area contributed by atoms with Crippen LogP contribution in [0.25, 0.3) is 11.0 Å². The van der Waals surface area contributed by atoms with Gasteiger partial charge in [0.2, 0.25) is 5.91 Å². The lowest BCUT2D eigenvalue weighted by Crippen LogP contribution is -2.37. The van der Waals surface area contributed by atoms with Gasteiger partial charge in [-0.2, -0.15) is 0 Å². The van der Waals surface area contributed by atoms with E-state index in [1.807, 2.05) is 24.3 Å². The van der Waals surface area contributed by atoms with Crippen molar-refractivity contribution < 1.29 is 19.1 Å². The van der Waals surface area contributed by atoms with Crippen molar-refractivity contribution in [3.05, 3.63) is 42.2 Å². The summed E-state index contributed by atoms with van der Waals surface area (Å²) >= 11 is 0. The number of fused-ring (bicyclic) bond motifs is 1. The van der Waals surface area contributed by atoms with Gasteiger partial charge < -0.3 is 20.4 Å². The number of amides is 2. The molecule has 8 heteroatoms. The van der Waals surface area contributed by atoms with Crippen molar-refractivity contribution >= 4 is 28.8 Å². The topological polar surface area (TPSA) is 113 Å². The van der Waals surface area contributed by atoms with E-state index in [-0.39, 0.29) is 24.3 Å². The maximum absolute atomic E-state index is 12.6. The van der Waals surface area contributed by atoms with Gasteiger partial charge in [0.25, 0.3) is 5.91 Å². The highest BCUT2D eigenvalue weighted by Gasteiger charge is 2.27. The Bertz CT molecular complexity index is 840. The van der Waals surface area contributed by atoms with Crippen LogP contribution < -0.4 is 10.6 Å². The zero-order valence-corrected chi connectivity index (χ0v) is 15.0. The lowest BCUT2D eigenvalue weighted by molar-refractivity contribution is -0.137. The molecule has 2 atom stereocenters.